The van der Waals surface area contributed by atoms with Crippen molar-refractivity contribution in [2.24, 2.45) is 0 Å². The van der Waals surface area contributed by atoms with Gasteiger partial charge in [0.2, 0.25) is 11.7 Å². The van der Waals surface area contributed by atoms with Crippen molar-refractivity contribution < 1.29 is 4.52 Å². The minimum absolute atomic E-state index is 0.315. The van der Waals surface area contributed by atoms with Crippen molar-refractivity contribution in [1.82, 2.24) is 20.1 Å². The van der Waals surface area contributed by atoms with Crippen LogP contribution in [-0.2, 0) is 12.8 Å². The number of fused-ring (bicyclic) bond motifs is 1. The standard InChI is InChI=1S/C17H16N4O/c1-2-4-13-6-8-14(7-5-12(13)3-1)17-20-16(21-22-17)15-9-10-18-11-19-15/h1-4,9-11,14H,5-8H2. The average molecular weight is 292 g/mol. The van der Waals surface area contributed by atoms with Crippen molar-refractivity contribution in [1.29, 1.82) is 0 Å². The minimum Gasteiger partial charge on any atom is -0.339 e. The fraction of sp³-hybridized carbons (Fsp3) is 0.294. The number of aryl methyl sites for hydroxylation is 2. The van der Waals surface area contributed by atoms with Gasteiger partial charge in [0.05, 0.1) is 0 Å². The van der Waals surface area contributed by atoms with E-state index in [2.05, 4.69) is 44.4 Å². The van der Waals surface area contributed by atoms with Crippen LogP contribution in [0.2, 0.25) is 0 Å². The second-order valence-electron chi connectivity index (χ2n) is 5.59. The lowest BCUT2D eigenvalue weighted by Gasteiger charge is -2.07. The molecule has 0 fully saturated rings. The van der Waals surface area contributed by atoms with Crippen molar-refractivity contribution in [3.63, 3.8) is 0 Å². The summed E-state index contributed by atoms with van der Waals surface area (Å²) >= 11 is 0. The Bertz CT molecular complexity index is 742. The molecule has 0 atom stereocenters. The van der Waals surface area contributed by atoms with Crippen LogP contribution in [-0.4, -0.2) is 20.1 Å². The van der Waals surface area contributed by atoms with Gasteiger partial charge in [0.1, 0.15) is 12.0 Å². The Hall–Kier alpha value is -2.56. The van der Waals surface area contributed by atoms with Gasteiger partial charge >= 0.3 is 0 Å². The summed E-state index contributed by atoms with van der Waals surface area (Å²) in [6, 6.07) is 10.4. The van der Waals surface area contributed by atoms with Gasteiger partial charge in [0.15, 0.2) is 0 Å². The highest BCUT2D eigenvalue weighted by Gasteiger charge is 2.23. The number of hydrogen-bond donors (Lipinski definition) is 0. The van der Waals surface area contributed by atoms with Crippen molar-refractivity contribution >= 4 is 0 Å². The predicted octanol–water partition coefficient (Wildman–Crippen LogP) is 3.19. The van der Waals surface area contributed by atoms with E-state index >= 15 is 0 Å². The first-order valence-corrected chi connectivity index (χ1v) is 7.57. The summed E-state index contributed by atoms with van der Waals surface area (Å²) in [6.07, 6.45) is 7.39. The van der Waals surface area contributed by atoms with Crippen molar-refractivity contribution in [3.05, 3.63) is 59.9 Å². The summed E-state index contributed by atoms with van der Waals surface area (Å²) in [7, 11) is 0. The van der Waals surface area contributed by atoms with Crippen LogP contribution >= 0.6 is 0 Å². The third-order valence-corrected chi connectivity index (χ3v) is 4.24. The fourth-order valence-corrected chi connectivity index (χ4v) is 3.02. The molecule has 0 N–H and O–H groups in total. The number of hydrogen-bond acceptors (Lipinski definition) is 5. The monoisotopic (exact) mass is 292 g/mol. The molecule has 3 aromatic rings. The van der Waals surface area contributed by atoms with Gasteiger partial charge in [0.25, 0.3) is 0 Å². The molecule has 0 aliphatic heterocycles. The maximum Gasteiger partial charge on any atom is 0.230 e. The average Bonchev–Trinajstić information content (AvgIpc) is 2.97. The largest absolute Gasteiger partial charge is 0.339 e. The number of benzene rings is 1. The molecule has 0 amide bonds. The summed E-state index contributed by atoms with van der Waals surface area (Å²) < 4.78 is 5.49. The summed E-state index contributed by atoms with van der Waals surface area (Å²) in [5.74, 6) is 1.58. The number of nitrogens with zero attached hydrogens (tertiary/aromatic N) is 4. The molecule has 0 saturated carbocycles. The third kappa shape index (κ3) is 2.50. The van der Waals surface area contributed by atoms with Crippen LogP contribution in [0.25, 0.3) is 11.5 Å². The molecule has 1 aromatic carbocycles. The van der Waals surface area contributed by atoms with E-state index in [4.69, 9.17) is 4.52 Å². The van der Waals surface area contributed by atoms with Crippen molar-refractivity contribution in [3.8, 4) is 11.5 Å². The molecule has 5 heteroatoms. The van der Waals surface area contributed by atoms with Crippen molar-refractivity contribution in [2.75, 3.05) is 0 Å². The van der Waals surface area contributed by atoms with Gasteiger partial charge in [-0.25, -0.2) is 9.97 Å². The van der Waals surface area contributed by atoms with Gasteiger partial charge < -0.3 is 4.52 Å². The van der Waals surface area contributed by atoms with Crippen LogP contribution in [0.1, 0.15) is 35.8 Å². The minimum atomic E-state index is 0.315. The first kappa shape index (κ1) is 13.1. The van der Waals surface area contributed by atoms with Gasteiger partial charge in [-0.3, -0.25) is 0 Å². The van der Waals surface area contributed by atoms with Crippen LogP contribution in [0, 0.1) is 0 Å². The second kappa shape index (κ2) is 5.67. The van der Waals surface area contributed by atoms with E-state index in [9.17, 15) is 0 Å². The second-order valence-corrected chi connectivity index (χ2v) is 5.59. The zero-order valence-electron chi connectivity index (χ0n) is 12.1. The van der Waals surface area contributed by atoms with Crippen LogP contribution in [0.3, 0.4) is 0 Å². The molecule has 0 spiro atoms. The number of aromatic nitrogens is 4. The van der Waals surface area contributed by atoms with Gasteiger partial charge in [-0.05, 0) is 42.9 Å². The van der Waals surface area contributed by atoms with Crippen molar-refractivity contribution in [2.45, 2.75) is 31.6 Å². The lowest BCUT2D eigenvalue weighted by atomic mass is 10.00. The van der Waals surface area contributed by atoms with Crippen LogP contribution in [0.4, 0.5) is 0 Å². The molecule has 0 bridgehead atoms. The molecule has 1 aliphatic rings. The smallest absolute Gasteiger partial charge is 0.230 e. The van der Waals surface area contributed by atoms with Crippen LogP contribution < -0.4 is 0 Å². The topological polar surface area (TPSA) is 64.7 Å². The molecule has 0 radical (unpaired) electrons. The van der Waals surface area contributed by atoms with E-state index < -0.39 is 0 Å². The zero-order valence-corrected chi connectivity index (χ0v) is 12.1. The molecular formula is C17H16N4O. The Morgan fingerprint density at radius 3 is 2.45 bits per heavy atom. The van der Waals surface area contributed by atoms with Crippen LogP contribution in [0.15, 0.2) is 47.4 Å². The summed E-state index contributed by atoms with van der Waals surface area (Å²) in [4.78, 5) is 12.6. The maximum atomic E-state index is 5.49. The first-order valence-electron chi connectivity index (χ1n) is 7.57. The third-order valence-electron chi connectivity index (χ3n) is 4.24. The zero-order chi connectivity index (χ0) is 14.8. The van der Waals surface area contributed by atoms with E-state index in [1.54, 1.807) is 12.3 Å². The molecule has 0 saturated heterocycles. The Morgan fingerprint density at radius 2 is 1.77 bits per heavy atom. The fourth-order valence-electron chi connectivity index (χ4n) is 3.02. The molecule has 1 aliphatic carbocycles. The summed E-state index contributed by atoms with van der Waals surface area (Å²) in [5.41, 5.74) is 3.59. The Morgan fingerprint density at radius 1 is 1.00 bits per heavy atom. The van der Waals surface area contributed by atoms with E-state index in [0.29, 0.717) is 17.4 Å². The molecular weight excluding hydrogens is 276 g/mol. The molecule has 4 rings (SSSR count). The van der Waals surface area contributed by atoms with Crippen LogP contribution in [0.5, 0.6) is 0 Å². The normalized spacial score (nSPS) is 15.3. The highest BCUT2D eigenvalue weighted by atomic mass is 16.5. The van der Waals surface area contributed by atoms with Gasteiger partial charge in [-0.2, -0.15) is 4.98 Å². The van der Waals surface area contributed by atoms with E-state index in [1.165, 1.54) is 17.5 Å². The first-order chi connectivity index (χ1) is 10.9. The molecule has 110 valence electrons. The van der Waals surface area contributed by atoms with Gasteiger partial charge in [0, 0.05) is 12.1 Å². The molecule has 0 unspecified atom stereocenters. The van der Waals surface area contributed by atoms with Gasteiger partial charge in [-0.1, -0.05) is 29.4 Å². The quantitative estimate of drug-likeness (QED) is 0.679. The Labute approximate surface area is 128 Å². The van der Waals surface area contributed by atoms with Gasteiger partial charge in [-0.15, -0.1) is 0 Å². The van der Waals surface area contributed by atoms with E-state index in [0.717, 1.165) is 31.6 Å². The lowest BCUT2D eigenvalue weighted by Crippen LogP contribution is -2.00. The highest BCUT2D eigenvalue weighted by Crippen LogP contribution is 2.31. The Kier molecular flexibility index (Phi) is 3.39. The molecule has 5 nitrogen and oxygen atoms in total. The summed E-state index contributed by atoms with van der Waals surface area (Å²) in [6.45, 7) is 0. The molecule has 2 heterocycles. The molecule has 2 aromatic heterocycles. The van der Waals surface area contributed by atoms with E-state index in [-0.39, 0.29) is 0 Å². The predicted molar refractivity (Wildman–Crippen MR) is 81.1 cm³/mol. The lowest BCUT2D eigenvalue weighted by molar-refractivity contribution is 0.341. The molecule has 22 heavy (non-hydrogen) atoms. The maximum absolute atomic E-state index is 5.49. The SMILES string of the molecule is c1ccc2c(c1)CCC(c1nc(-c3ccncn3)no1)CC2. The number of rotatable bonds is 2. The highest BCUT2D eigenvalue weighted by molar-refractivity contribution is 5.46. The Balaban J connectivity index is 1.55. The van der Waals surface area contributed by atoms with E-state index in [1.807, 2.05) is 0 Å². The summed E-state index contributed by atoms with van der Waals surface area (Å²) in [5, 5.41) is 4.06.